The molecule has 0 bridgehead atoms. The smallest absolute Gasteiger partial charge is 0.434 e. The number of rotatable bonds is 6. The lowest BCUT2D eigenvalue weighted by Crippen LogP contribution is -2.57. The van der Waals surface area contributed by atoms with Crippen LogP contribution in [0.25, 0.3) is 0 Å². The molecule has 0 rings (SSSR count). The molecule has 0 aliphatic carbocycles. The Morgan fingerprint density at radius 1 is 0.967 bits per heavy atom. The first-order chi connectivity index (χ1) is 12.9. The third kappa shape index (κ3) is 7.06. The minimum absolute atomic E-state index is 0.393. The lowest BCUT2D eigenvalue weighted by atomic mass is 9.95. The summed E-state index contributed by atoms with van der Waals surface area (Å²) in [5.74, 6) is -3.13. The number of carbonyl (C=O) groups is 1. The van der Waals surface area contributed by atoms with E-state index in [0.717, 1.165) is 13.2 Å². The van der Waals surface area contributed by atoms with E-state index in [9.17, 15) is 49.4 Å². The maximum Gasteiger partial charge on any atom is 0.434 e. The zero-order chi connectivity index (χ0) is 24.6. The Labute approximate surface area is 168 Å². The lowest BCUT2D eigenvalue weighted by Gasteiger charge is -2.35. The highest BCUT2D eigenvalue weighted by atomic mass is 28.4. The van der Waals surface area contributed by atoms with Gasteiger partial charge in [-0.25, -0.2) is 4.79 Å². The van der Waals surface area contributed by atoms with Crippen LogP contribution in [0.3, 0.4) is 0 Å². The van der Waals surface area contributed by atoms with Crippen molar-refractivity contribution >= 4 is 14.3 Å². The van der Waals surface area contributed by atoms with Crippen LogP contribution in [0, 0.1) is 0 Å². The van der Waals surface area contributed by atoms with Gasteiger partial charge in [-0.15, -0.1) is 0 Å². The first kappa shape index (κ1) is 28.6. The number of carbonyl (C=O) groups excluding carboxylic acids is 1. The Balaban J connectivity index is 5.88. The van der Waals surface area contributed by atoms with Gasteiger partial charge in [-0.3, -0.25) is 0 Å². The van der Waals surface area contributed by atoms with Crippen LogP contribution in [0.15, 0.2) is 11.8 Å². The Morgan fingerprint density at radius 2 is 1.37 bits per heavy atom. The van der Waals surface area contributed by atoms with Crippen molar-refractivity contribution in [3.63, 3.8) is 0 Å². The van der Waals surface area contributed by atoms with Crippen LogP contribution in [0.1, 0.15) is 34.1 Å². The SMILES string of the molecule is C/C(=C\O[Si](C)(C)C(C)(C)C)CC(O)(C(=O)OC(C(F)(F)F)C(F)(F)F)C(F)(F)F. The van der Waals surface area contributed by atoms with E-state index < -0.39 is 61.6 Å². The molecule has 0 heterocycles. The highest BCUT2D eigenvalue weighted by Gasteiger charge is 2.66. The Kier molecular flexibility index (Phi) is 8.18. The Hall–Kier alpha value is -1.44. The van der Waals surface area contributed by atoms with Crippen LogP contribution < -0.4 is 0 Å². The first-order valence-corrected chi connectivity index (χ1v) is 11.2. The third-order valence-corrected chi connectivity index (χ3v) is 8.84. The Bertz CT molecular complexity index is 631. The summed E-state index contributed by atoms with van der Waals surface area (Å²) in [5.41, 5.74) is -5.11. The number of aliphatic hydroxyl groups is 1. The summed E-state index contributed by atoms with van der Waals surface area (Å²) in [6.07, 6.45) is -24.1. The van der Waals surface area contributed by atoms with Crippen molar-refractivity contribution in [3.05, 3.63) is 11.8 Å². The summed E-state index contributed by atoms with van der Waals surface area (Å²) in [4.78, 5) is 11.7. The molecular formula is C16H23F9O4Si. The minimum Gasteiger partial charge on any atom is -0.549 e. The zero-order valence-corrected chi connectivity index (χ0v) is 17.9. The molecule has 0 radical (unpaired) electrons. The summed E-state index contributed by atoms with van der Waals surface area (Å²) in [6.45, 7) is 9.75. The molecule has 0 saturated heterocycles. The lowest BCUT2D eigenvalue weighted by molar-refractivity contribution is -0.326. The van der Waals surface area contributed by atoms with E-state index in [1.54, 1.807) is 33.9 Å². The van der Waals surface area contributed by atoms with E-state index in [-0.39, 0.29) is 0 Å². The molecule has 0 saturated carbocycles. The van der Waals surface area contributed by atoms with Gasteiger partial charge in [-0.2, -0.15) is 39.5 Å². The molecule has 1 N–H and O–H groups in total. The van der Waals surface area contributed by atoms with Gasteiger partial charge in [0.25, 0.3) is 11.7 Å². The van der Waals surface area contributed by atoms with Gasteiger partial charge in [-0.1, -0.05) is 20.8 Å². The number of alkyl halides is 9. The van der Waals surface area contributed by atoms with Gasteiger partial charge in [0.1, 0.15) is 0 Å². The van der Waals surface area contributed by atoms with Crippen molar-refractivity contribution in [2.45, 2.75) is 82.5 Å². The maximum absolute atomic E-state index is 13.2. The maximum atomic E-state index is 13.2. The second-order valence-corrected chi connectivity index (χ2v) is 13.0. The van der Waals surface area contributed by atoms with E-state index in [4.69, 9.17) is 4.43 Å². The zero-order valence-electron chi connectivity index (χ0n) is 16.9. The van der Waals surface area contributed by atoms with Crippen LogP contribution in [-0.2, 0) is 14.0 Å². The third-order valence-electron chi connectivity index (χ3n) is 4.52. The molecule has 14 heteroatoms. The molecule has 1 atom stereocenters. The van der Waals surface area contributed by atoms with Crippen molar-refractivity contribution in [3.8, 4) is 0 Å². The molecule has 0 aliphatic heterocycles. The number of hydrogen-bond acceptors (Lipinski definition) is 4. The predicted octanol–water partition coefficient (Wildman–Crippen LogP) is 5.63. The summed E-state index contributed by atoms with van der Waals surface area (Å²) in [5, 5.41) is 9.34. The van der Waals surface area contributed by atoms with Crippen LogP contribution >= 0.6 is 0 Å². The second-order valence-electron chi connectivity index (χ2n) is 8.25. The fourth-order valence-corrected chi connectivity index (χ4v) is 2.53. The van der Waals surface area contributed by atoms with Crippen molar-refractivity contribution in [1.29, 1.82) is 0 Å². The van der Waals surface area contributed by atoms with Gasteiger partial charge in [0, 0.05) is 6.42 Å². The van der Waals surface area contributed by atoms with Gasteiger partial charge in [0.05, 0.1) is 6.26 Å². The molecule has 30 heavy (non-hydrogen) atoms. The highest BCUT2D eigenvalue weighted by molar-refractivity contribution is 6.74. The van der Waals surface area contributed by atoms with Gasteiger partial charge in [0.2, 0.25) is 8.32 Å². The quantitative estimate of drug-likeness (QED) is 0.233. The molecular weight excluding hydrogens is 455 g/mol. The van der Waals surface area contributed by atoms with Gasteiger partial charge >= 0.3 is 24.5 Å². The number of halogens is 9. The van der Waals surface area contributed by atoms with Crippen molar-refractivity contribution in [2.75, 3.05) is 0 Å². The molecule has 0 aromatic rings. The molecule has 4 nitrogen and oxygen atoms in total. The van der Waals surface area contributed by atoms with E-state index in [1.807, 2.05) is 0 Å². The number of hydrogen-bond donors (Lipinski definition) is 1. The monoisotopic (exact) mass is 478 g/mol. The fraction of sp³-hybridized carbons (Fsp3) is 0.812. The Morgan fingerprint density at radius 3 is 1.67 bits per heavy atom. The van der Waals surface area contributed by atoms with Gasteiger partial charge in [0.15, 0.2) is 0 Å². The average molecular weight is 478 g/mol. The van der Waals surface area contributed by atoms with E-state index in [2.05, 4.69) is 4.74 Å². The standard InChI is InChI=1S/C16H23F9O4Si/c1-9(8-28-30(5,6)12(2,3)4)7-13(27,16(23,24)25)11(26)29-10(14(17,18)19)15(20,21)22/h8,10,27H,7H2,1-6H3/b9-8+. The summed E-state index contributed by atoms with van der Waals surface area (Å²) in [7, 11) is -2.55. The van der Waals surface area contributed by atoms with Crippen LogP contribution in [-0.4, -0.2) is 49.6 Å². The van der Waals surface area contributed by atoms with E-state index >= 15 is 0 Å². The summed E-state index contributed by atoms with van der Waals surface area (Å²) in [6, 6.07) is 0. The van der Waals surface area contributed by atoms with E-state index in [0.29, 0.717) is 0 Å². The normalized spacial score (nSPS) is 17.0. The number of esters is 1. The van der Waals surface area contributed by atoms with Crippen molar-refractivity contribution < 1.29 is 58.6 Å². The minimum atomic E-state index is -6.24. The largest absolute Gasteiger partial charge is 0.549 e. The molecule has 0 aromatic carbocycles. The fourth-order valence-electron chi connectivity index (χ4n) is 1.68. The van der Waals surface area contributed by atoms with E-state index in [1.165, 1.54) is 0 Å². The summed E-state index contributed by atoms with van der Waals surface area (Å²) < 4.78 is 123. The molecule has 1 unspecified atom stereocenters. The van der Waals surface area contributed by atoms with Gasteiger partial charge in [-0.05, 0) is 30.6 Å². The van der Waals surface area contributed by atoms with Crippen LogP contribution in [0.2, 0.25) is 18.1 Å². The molecule has 0 aliphatic rings. The predicted molar refractivity (Wildman–Crippen MR) is 89.7 cm³/mol. The van der Waals surface area contributed by atoms with Gasteiger partial charge < -0.3 is 14.3 Å². The van der Waals surface area contributed by atoms with Crippen molar-refractivity contribution in [1.82, 2.24) is 0 Å². The van der Waals surface area contributed by atoms with Crippen LogP contribution in [0.4, 0.5) is 39.5 Å². The molecule has 0 amide bonds. The second kappa shape index (κ2) is 8.59. The summed E-state index contributed by atoms with van der Waals surface area (Å²) >= 11 is 0. The van der Waals surface area contributed by atoms with Crippen molar-refractivity contribution in [2.24, 2.45) is 0 Å². The molecule has 178 valence electrons. The van der Waals surface area contributed by atoms with Crippen LogP contribution in [0.5, 0.6) is 0 Å². The molecule has 0 aromatic heterocycles. The molecule has 0 fully saturated rings. The topological polar surface area (TPSA) is 55.8 Å². The average Bonchev–Trinajstić information content (AvgIpc) is 2.45. The number of ether oxygens (including phenoxy) is 1. The molecule has 0 spiro atoms. The highest BCUT2D eigenvalue weighted by Crippen LogP contribution is 2.41. The first-order valence-electron chi connectivity index (χ1n) is 8.33.